The maximum atomic E-state index is 14.5. The molecular weight excluding hydrogens is 355 g/mol. The monoisotopic (exact) mass is 378 g/mol. The van der Waals surface area contributed by atoms with Crippen LogP contribution in [0.4, 0.5) is 4.39 Å². The summed E-state index contributed by atoms with van der Waals surface area (Å²) in [6.07, 6.45) is 0.579. The molecule has 2 rings (SSSR count). The largest absolute Gasteiger partial charge is 0.497 e. The number of rotatable bonds is 9. The first kappa shape index (κ1) is 20.1. The normalized spacial score (nSPS) is 10.8. The minimum Gasteiger partial charge on any atom is -0.497 e. The zero-order chi connectivity index (χ0) is 19.1. The van der Waals surface area contributed by atoms with Gasteiger partial charge in [0.15, 0.2) is 0 Å². The first-order valence-electron chi connectivity index (χ1n) is 8.40. The van der Waals surface area contributed by atoms with E-state index in [0.29, 0.717) is 28.6 Å². The first-order chi connectivity index (χ1) is 12.4. The summed E-state index contributed by atoms with van der Waals surface area (Å²) in [4.78, 5) is 11.0. The fraction of sp³-hybridized carbons (Fsp3) is 0.350. The van der Waals surface area contributed by atoms with Crippen molar-refractivity contribution in [2.75, 3.05) is 12.9 Å². The number of hydrogen-bond acceptors (Lipinski definition) is 4. The van der Waals surface area contributed by atoms with E-state index >= 15 is 0 Å². The Bertz CT molecular complexity index is 761. The zero-order valence-corrected chi connectivity index (χ0v) is 15.9. The molecule has 140 valence electrons. The highest BCUT2D eigenvalue weighted by molar-refractivity contribution is 7.99. The van der Waals surface area contributed by atoms with Gasteiger partial charge < -0.3 is 14.6 Å². The van der Waals surface area contributed by atoms with Crippen LogP contribution in [0, 0.1) is 5.82 Å². The van der Waals surface area contributed by atoms with Crippen LogP contribution >= 0.6 is 11.8 Å². The number of methoxy groups -OCH3 is 1. The third-order valence-electron chi connectivity index (χ3n) is 3.59. The second-order valence-electron chi connectivity index (χ2n) is 6.02. The molecule has 2 aromatic rings. The lowest BCUT2D eigenvalue weighted by atomic mass is 10.0. The van der Waals surface area contributed by atoms with E-state index < -0.39 is 5.97 Å². The number of hydrogen-bond donors (Lipinski definition) is 1. The predicted molar refractivity (Wildman–Crippen MR) is 102 cm³/mol. The van der Waals surface area contributed by atoms with Gasteiger partial charge in [0.05, 0.1) is 13.2 Å². The van der Waals surface area contributed by atoms with E-state index in [1.54, 1.807) is 19.2 Å². The van der Waals surface area contributed by atoms with E-state index in [9.17, 15) is 9.18 Å². The minimum absolute atomic E-state index is 0.0187. The van der Waals surface area contributed by atoms with E-state index in [1.807, 2.05) is 32.0 Å². The second kappa shape index (κ2) is 9.48. The Morgan fingerprint density at radius 3 is 2.62 bits per heavy atom. The minimum atomic E-state index is -0.835. The summed E-state index contributed by atoms with van der Waals surface area (Å²) in [6.45, 7) is 3.86. The van der Waals surface area contributed by atoms with E-state index in [-0.39, 0.29) is 18.3 Å². The van der Waals surface area contributed by atoms with Crippen molar-refractivity contribution in [2.45, 2.75) is 37.7 Å². The van der Waals surface area contributed by atoms with Gasteiger partial charge in [-0.3, -0.25) is 4.79 Å². The molecule has 0 bridgehead atoms. The van der Waals surface area contributed by atoms with Crippen LogP contribution in [-0.2, 0) is 4.79 Å². The van der Waals surface area contributed by atoms with Gasteiger partial charge in [0, 0.05) is 22.9 Å². The number of ether oxygens (including phenoxy) is 2. The molecule has 2 aromatic carbocycles. The maximum Gasteiger partial charge on any atom is 0.303 e. The van der Waals surface area contributed by atoms with E-state index in [1.165, 1.54) is 17.8 Å². The average Bonchev–Trinajstić information content (AvgIpc) is 2.59. The van der Waals surface area contributed by atoms with Gasteiger partial charge in [0.25, 0.3) is 0 Å². The van der Waals surface area contributed by atoms with Crippen molar-refractivity contribution < 1.29 is 23.8 Å². The van der Waals surface area contributed by atoms with Gasteiger partial charge in [0.2, 0.25) is 0 Å². The fourth-order valence-corrected chi connectivity index (χ4v) is 3.28. The number of thioether (sulfide) groups is 1. The molecule has 0 spiro atoms. The van der Waals surface area contributed by atoms with Crippen LogP contribution in [0.25, 0.3) is 11.1 Å². The van der Waals surface area contributed by atoms with E-state index in [0.717, 1.165) is 11.1 Å². The molecule has 0 atom stereocenters. The van der Waals surface area contributed by atoms with E-state index in [4.69, 9.17) is 14.6 Å². The van der Waals surface area contributed by atoms with Gasteiger partial charge in [-0.2, -0.15) is 0 Å². The summed E-state index contributed by atoms with van der Waals surface area (Å²) in [5.41, 5.74) is 1.51. The molecule has 1 N–H and O–H groups in total. The van der Waals surface area contributed by atoms with Crippen molar-refractivity contribution in [3.63, 3.8) is 0 Å². The van der Waals surface area contributed by atoms with Crippen molar-refractivity contribution in [3.05, 3.63) is 42.2 Å². The molecule has 0 aliphatic rings. The first-order valence-corrected chi connectivity index (χ1v) is 9.38. The molecule has 0 unspecified atom stereocenters. The Hall–Kier alpha value is -2.21. The summed E-state index contributed by atoms with van der Waals surface area (Å²) in [6, 6.07) is 10.5. The molecule has 6 heteroatoms. The predicted octanol–water partition coefficient (Wildman–Crippen LogP) is 5.25. The lowest BCUT2D eigenvalue weighted by Gasteiger charge is -2.16. The van der Waals surface area contributed by atoms with Crippen LogP contribution in [0.3, 0.4) is 0 Å². The zero-order valence-electron chi connectivity index (χ0n) is 15.1. The van der Waals surface area contributed by atoms with Crippen LogP contribution in [0.5, 0.6) is 11.5 Å². The molecular formula is C20H23FO4S. The van der Waals surface area contributed by atoms with Crippen molar-refractivity contribution in [1.29, 1.82) is 0 Å². The summed E-state index contributed by atoms with van der Waals surface area (Å²) >= 11 is 1.32. The quantitative estimate of drug-likeness (QED) is 0.477. The van der Waals surface area contributed by atoms with Gasteiger partial charge in [-0.05, 0) is 55.9 Å². The Morgan fingerprint density at radius 1 is 1.23 bits per heavy atom. The standard InChI is InChI=1S/C20H23FO4S/c1-13(2)25-18-12-15(24-3)7-8-16(18)14-6-9-19(17(21)11-14)26-10-4-5-20(22)23/h6-9,11-13H,4-5,10H2,1-3H3,(H,22,23). The molecule has 0 amide bonds. The Morgan fingerprint density at radius 2 is 2.00 bits per heavy atom. The molecule has 0 heterocycles. The molecule has 0 saturated heterocycles. The summed E-state index contributed by atoms with van der Waals surface area (Å²) in [5.74, 6) is 0.719. The number of aliphatic carboxylic acids is 1. The maximum absolute atomic E-state index is 14.5. The van der Waals surface area contributed by atoms with Gasteiger partial charge >= 0.3 is 5.97 Å². The third-order valence-corrected chi connectivity index (χ3v) is 4.72. The number of benzene rings is 2. The van der Waals surface area contributed by atoms with Gasteiger partial charge in [-0.15, -0.1) is 11.8 Å². The van der Waals surface area contributed by atoms with E-state index in [2.05, 4.69) is 0 Å². The van der Waals surface area contributed by atoms with Gasteiger partial charge in [-0.1, -0.05) is 6.07 Å². The molecule has 26 heavy (non-hydrogen) atoms. The van der Waals surface area contributed by atoms with Crippen molar-refractivity contribution in [2.24, 2.45) is 0 Å². The Kier molecular flexibility index (Phi) is 7.33. The lowest BCUT2D eigenvalue weighted by Crippen LogP contribution is -2.06. The molecule has 0 radical (unpaired) electrons. The third kappa shape index (κ3) is 5.66. The fourth-order valence-electron chi connectivity index (χ4n) is 2.41. The van der Waals surface area contributed by atoms with Crippen molar-refractivity contribution in [1.82, 2.24) is 0 Å². The molecule has 4 nitrogen and oxygen atoms in total. The highest BCUT2D eigenvalue weighted by Crippen LogP contribution is 2.36. The summed E-state index contributed by atoms with van der Waals surface area (Å²) < 4.78 is 25.6. The number of carboxylic acids is 1. The van der Waals surface area contributed by atoms with Gasteiger partial charge in [0.1, 0.15) is 17.3 Å². The highest BCUT2D eigenvalue weighted by atomic mass is 32.2. The lowest BCUT2D eigenvalue weighted by molar-refractivity contribution is -0.137. The summed E-state index contributed by atoms with van der Waals surface area (Å²) in [5, 5.41) is 8.65. The molecule has 0 fully saturated rings. The van der Waals surface area contributed by atoms with Crippen molar-refractivity contribution in [3.8, 4) is 22.6 Å². The smallest absolute Gasteiger partial charge is 0.303 e. The van der Waals surface area contributed by atoms with Crippen LogP contribution in [0.1, 0.15) is 26.7 Å². The molecule has 0 saturated carbocycles. The Balaban J connectivity index is 2.21. The van der Waals surface area contributed by atoms with Gasteiger partial charge in [-0.25, -0.2) is 4.39 Å². The van der Waals surface area contributed by atoms with Crippen LogP contribution in [0.15, 0.2) is 41.3 Å². The van der Waals surface area contributed by atoms with Crippen molar-refractivity contribution >= 4 is 17.7 Å². The highest BCUT2D eigenvalue weighted by Gasteiger charge is 2.12. The number of carbonyl (C=O) groups is 1. The van der Waals surface area contributed by atoms with Crippen LogP contribution in [-0.4, -0.2) is 30.0 Å². The molecule has 0 aromatic heterocycles. The number of halogens is 1. The topological polar surface area (TPSA) is 55.8 Å². The molecule has 0 aliphatic heterocycles. The van der Waals surface area contributed by atoms with Crippen LogP contribution in [0.2, 0.25) is 0 Å². The SMILES string of the molecule is COc1ccc(-c2ccc(SCCCC(=O)O)c(F)c2)c(OC(C)C)c1. The molecule has 0 aliphatic carbocycles. The van der Waals surface area contributed by atoms with Crippen LogP contribution < -0.4 is 9.47 Å². The number of carboxylic acid groups (broad SMARTS) is 1. The average molecular weight is 378 g/mol. The second-order valence-corrected chi connectivity index (χ2v) is 7.16. The summed E-state index contributed by atoms with van der Waals surface area (Å²) in [7, 11) is 1.59. The Labute approximate surface area is 157 Å².